The molecule has 1 unspecified atom stereocenters. The molecule has 1 N–H and O–H groups in total. The van der Waals surface area contributed by atoms with Crippen molar-refractivity contribution in [3.05, 3.63) is 0 Å². The molecule has 1 amide bonds. The quantitative estimate of drug-likeness (QED) is 0.734. The molecular weight excluding hydrogens is 198 g/mol. The number of carboxylic acids is 1. The van der Waals surface area contributed by atoms with Crippen LogP contribution in [0.3, 0.4) is 0 Å². The average Bonchev–Trinajstić information content (AvgIpc) is 2.62. The molecule has 0 saturated carbocycles. The van der Waals surface area contributed by atoms with Crippen molar-refractivity contribution in [3.8, 4) is 0 Å². The van der Waals surface area contributed by atoms with Crippen LogP contribution in [-0.2, 0) is 14.4 Å². The third-order valence-corrected chi connectivity index (χ3v) is 2.61. The first kappa shape index (κ1) is 11.7. The number of Topliss-reactive ketones (excluding diaryl/α,β-unsaturated/α-hetero) is 1. The summed E-state index contributed by atoms with van der Waals surface area (Å²) in [5.41, 5.74) is 0. The molecule has 1 rings (SSSR count). The Hall–Kier alpha value is -1.39. The Kier molecular flexibility index (Phi) is 3.82. The summed E-state index contributed by atoms with van der Waals surface area (Å²) >= 11 is 0. The van der Waals surface area contributed by atoms with Crippen molar-refractivity contribution < 1.29 is 19.5 Å². The van der Waals surface area contributed by atoms with Crippen LogP contribution in [0.1, 0.15) is 32.6 Å². The van der Waals surface area contributed by atoms with Gasteiger partial charge in [0.25, 0.3) is 0 Å². The smallest absolute Gasteiger partial charge is 0.303 e. The van der Waals surface area contributed by atoms with Gasteiger partial charge in [-0.3, -0.25) is 14.4 Å². The van der Waals surface area contributed by atoms with E-state index in [2.05, 4.69) is 0 Å². The topological polar surface area (TPSA) is 74.7 Å². The van der Waals surface area contributed by atoms with Gasteiger partial charge in [-0.2, -0.15) is 0 Å². The van der Waals surface area contributed by atoms with Gasteiger partial charge in [0.1, 0.15) is 0 Å². The highest BCUT2D eigenvalue weighted by molar-refractivity contribution is 5.90. The number of aliphatic carboxylic acids is 1. The molecular formula is C10H15NO4. The first-order chi connectivity index (χ1) is 7.02. The van der Waals surface area contributed by atoms with E-state index in [4.69, 9.17) is 5.11 Å². The van der Waals surface area contributed by atoms with Crippen molar-refractivity contribution in [2.45, 2.75) is 38.6 Å². The number of rotatable bonds is 4. The molecule has 1 fully saturated rings. The van der Waals surface area contributed by atoms with E-state index >= 15 is 0 Å². The molecule has 0 bridgehead atoms. The molecule has 5 heteroatoms. The number of ketones is 1. The summed E-state index contributed by atoms with van der Waals surface area (Å²) in [6, 6.07) is -0.387. The Morgan fingerprint density at radius 3 is 2.53 bits per heavy atom. The van der Waals surface area contributed by atoms with E-state index < -0.39 is 5.97 Å². The van der Waals surface area contributed by atoms with E-state index in [1.165, 1.54) is 11.8 Å². The van der Waals surface area contributed by atoms with Gasteiger partial charge in [-0.15, -0.1) is 0 Å². The van der Waals surface area contributed by atoms with Crippen LogP contribution in [0.2, 0.25) is 0 Å². The third-order valence-electron chi connectivity index (χ3n) is 2.61. The maximum atomic E-state index is 11.6. The Morgan fingerprint density at radius 2 is 2.00 bits per heavy atom. The van der Waals surface area contributed by atoms with Gasteiger partial charge >= 0.3 is 5.97 Å². The molecule has 1 atom stereocenters. The summed E-state index contributed by atoms with van der Waals surface area (Å²) in [6.07, 6.45) is 1.35. The van der Waals surface area contributed by atoms with Crippen LogP contribution in [0.5, 0.6) is 0 Å². The van der Waals surface area contributed by atoms with Gasteiger partial charge in [-0.05, 0) is 12.8 Å². The van der Waals surface area contributed by atoms with E-state index in [1.54, 1.807) is 0 Å². The molecule has 1 saturated heterocycles. The fourth-order valence-electron chi connectivity index (χ4n) is 1.88. The van der Waals surface area contributed by atoms with E-state index in [-0.39, 0.29) is 30.6 Å². The van der Waals surface area contributed by atoms with E-state index in [9.17, 15) is 14.4 Å². The van der Waals surface area contributed by atoms with Crippen LogP contribution in [0, 0.1) is 0 Å². The molecule has 1 heterocycles. The normalized spacial score (nSPS) is 20.3. The van der Waals surface area contributed by atoms with Gasteiger partial charge in [-0.1, -0.05) is 0 Å². The molecule has 5 nitrogen and oxygen atoms in total. The SMILES string of the molecule is CC(=O)N1CCCC1C(=O)CCC(=O)O. The van der Waals surface area contributed by atoms with Crippen molar-refractivity contribution in [2.24, 2.45) is 0 Å². The molecule has 1 aliphatic heterocycles. The number of amides is 1. The lowest BCUT2D eigenvalue weighted by Gasteiger charge is -2.21. The molecule has 0 aromatic carbocycles. The standard InChI is InChI=1S/C10H15NO4/c1-7(12)11-6-2-3-8(11)9(13)4-5-10(14)15/h8H,2-6H2,1H3,(H,14,15). The Balaban J connectivity index is 2.51. The van der Waals surface area contributed by atoms with Crippen molar-refractivity contribution in [1.82, 2.24) is 4.90 Å². The summed E-state index contributed by atoms with van der Waals surface area (Å²) in [7, 11) is 0. The largest absolute Gasteiger partial charge is 0.481 e. The van der Waals surface area contributed by atoms with Gasteiger partial charge in [0, 0.05) is 19.9 Å². The minimum absolute atomic E-state index is 0.0176. The molecule has 1 aliphatic rings. The first-order valence-electron chi connectivity index (χ1n) is 5.04. The highest BCUT2D eigenvalue weighted by atomic mass is 16.4. The molecule has 0 aromatic rings. The second-order valence-electron chi connectivity index (χ2n) is 3.73. The van der Waals surface area contributed by atoms with Gasteiger partial charge in [0.15, 0.2) is 5.78 Å². The Bertz CT molecular complexity index is 287. The van der Waals surface area contributed by atoms with Crippen LogP contribution in [0.15, 0.2) is 0 Å². The molecule has 0 spiro atoms. The zero-order valence-corrected chi connectivity index (χ0v) is 8.73. The third kappa shape index (κ3) is 3.04. The van der Waals surface area contributed by atoms with E-state index in [0.717, 1.165) is 6.42 Å². The average molecular weight is 213 g/mol. The Labute approximate surface area is 88.1 Å². The minimum atomic E-state index is -0.976. The van der Waals surface area contributed by atoms with Crippen molar-refractivity contribution in [2.75, 3.05) is 6.54 Å². The van der Waals surface area contributed by atoms with Gasteiger partial charge in [0.2, 0.25) is 5.91 Å². The number of hydrogen-bond donors (Lipinski definition) is 1. The molecule has 15 heavy (non-hydrogen) atoms. The minimum Gasteiger partial charge on any atom is -0.481 e. The van der Waals surface area contributed by atoms with Crippen LogP contribution >= 0.6 is 0 Å². The highest BCUT2D eigenvalue weighted by Gasteiger charge is 2.31. The van der Waals surface area contributed by atoms with Gasteiger partial charge < -0.3 is 10.0 Å². The summed E-state index contributed by atoms with van der Waals surface area (Å²) in [4.78, 5) is 34.6. The molecule has 0 radical (unpaired) electrons. The predicted molar refractivity (Wildman–Crippen MR) is 52.3 cm³/mol. The lowest BCUT2D eigenvalue weighted by Crippen LogP contribution is -2.39. The maximum absolute atomic E-state index is 11.6. The zero-order chi connectivity index (χ0) is 11.4. The van der Waals surface area contributed by atoms with Crippen molar-refractivity contribution in [3.63, 3.8) is 0 Å². The second-order valence-corrected chi connectivity index (χ2v) is 3.73. The Morgan fingerprint density at radius 1 is 1.33 bits per heavy atom. The predicted octanol–water partition coefficient (Wildman–Crippen LogP) is 0.431. The lowest BCUT2D eigenvalue weighted by molar-refractivity contribution is -0.140. The van der Waals surface area contributed by atoms with Gasteiger partial charge in [-0.25, -0.2) is 0 Å². The number of carbonyl (C=O) groups is 3. The highest BCUT2D eigenvalue weighted by Crippen LogP contribution is 2.19. The molecule has 84 valence electrons. The van der Waals surface area contributed by atoms with E-state index in [0.29, 0.717) is 13.0 Å². The molecule has 0 aromatic heterocycles. The summed E-state index contributed by atoms with van der Waals surface area (Å²) < 4.78 is 0. The monoisotopic (exact) mass is 213 g/mol. The zero-order valence-electron chi connectivity index (χ0n) is 8.73. The number of carbonyl (C=O) groups excluding carboxylic acids is 2. The van der Waals surface area contributed by atoms with E-state index in [1.807, 2.05) is 0 Å². The van der Waals surface area contributed by atoms with Crippen molar-refractivity contribution >= 4 is 17.7 Å². The van der Waals surface area contributed by atoms with Crippen LogP contribution in [0.4, 0.5) is 0 Å². The first-order valence-corrected chi connectivity index (χ1v) is 5.04. The lowest BCUT2D eigenvalue weighted by atomic mass is 10.1. The van der Waals surface area contributed by atoms with Gasteiger partial charge in [0.05, 0.1) is 12.5 Å². The van der Waals surface area contributed by atoms with Crippen LogP contribution in [-0.4, -0.2) is 40.3 Å². The van der Waals surface area contributed by atoms with Crippen LogP contribution in [0.25, 0.3) is 0 Å². The number of carboxylic acid groups (broad SMARTS) is 1. The number of likely N-dealkylation sites (tertiary alicyclic amines) is 1. The van der Waals surface area contributed by atoms with Crippen LogP contribution < -0.4 is 0 Å². The van der Waals surface area contributed by atoms with Crippen molar-refractivity contribution in [1.29, 1.82) is 0 Å². The second kappa shape index (κ2) is 4.91. The molecule has 0 aliphatic carbocycles. The number of hydrogen-bond acceptors (Lipinski definition) is 3. The summed E-state index contributed by atoms with van der Waals surface area (Å²) in [5, 5.41) is 8.45. The summed E-state index contributed by atoms with van der Waals surface area (Å²) in [5.74, 6) is -1.22. The summed E-state index contributed by atoms with van der Waals surface area (Å²) in [6.45, 7) is 2.04. The fourth-order valence-corrected chi connectivity index (χ4v) is 1.88. The fraction of sp³-hybridized carbons (Fsp3) is 0.700. The maximum Gasteiger partial charge on any atom is 0.303 e. The number of nitrogens with zero attached hydrogens (tertiary/aromatic N) is 1.